The fourth-order valence-corrected chi connectivity index (χ4v) is 4.62. The Bertz CT molecular complexity index is 972. The van der Waals surface area contributed by atoms with Gasteiger partial charge in [0.1, 0.15) is 0 Å². The van der Waals surface area contributed by atoms with Crippen molar-refractivity contribution in [2.45, 2.75) is 24.2 Å². The van der Waals surface area contributed by atoms with E-state index in [-0.39, 0.29) is 36.9 Å². The number of sulfonamides is 1. The Morgan fingerprint density at radius 1 is 0.871 bits per heavy atom. The number of piperazine rings is 1. The largest absolute Gasteiger partial charge is 0.335 e. The SMILES string of the molecule is N#CCCNS(=O)(=O)c1ccc(C(=O)N2CCN(C(=O)C(=O)N3CCCC3)CC2)cc1. The van der Waals surface area contributed by atoms with Crippen molar-refractivity contribution in [2.24, 2.45) is 0 Å². The van der Waals surface area contributed by atoms with Gasteiger partial charge in [0.25, 0.3) is 5.91 Å². The molecular formula is C20H25N5O5S. The second-order valence-electron chi connectivity index (χ2n) is 7.41. The van der Waals surface area contributed by atoms with Crippen LogP contribution in [0.4, 0.5) is 0 Å². The number of hydrogen-bond acceptors (Lipinski definition) is 6. The zero-order valence-corrected chi connectivity index (χ0v) is 17.9. The van der Waals surface area contributed by atoms with Crippen molar-refractivity contribution in [3.63, 3.8) is 0 Å². The summed E-state index contributed by atoms with van der Waals surface area (Å²) in [6.07, 6.45) is 1.89. The molecule has 0 aliphatic carbocycles. The van der Waals surface area contributed by atoms with Crippen LogP contribution in [-0.2, 0) is 19.6 Å². The van der Waals surface area contributed by atoms with Crippen LogP contribution in [0.25, 0.3) is 0 Å². The van der Waals surface area contributed by atoms with E-state index >= 15 is 0 Å². The topological polar surface area (TPSA) is 131 Å². The van der Waals surface area contributed by atoms with Gasteiger partial charge in [-0.1, -0.05) is 0 Å². The van der Waals surface area contributed by atoms with Gasteiger partial charge < -0.3 is 14.7 Å². The molecule has 1 aromatic rings. The number of likely N-dealkylation sites (tertiary alicyclic amines) is 1. The van der Waals surface area contributed by atoms with Gasteiger partial charge in [-0.25, -0.2) is 13.1 Å². The number of nitrogens with one attached hydrogen (secondary N) is 1. The Kier molecular flexibility index (Phi) is 7.25. The summed E-state index contributed by atoms with van der Waals surface area (Å²) in [5.41, 5.74) is 0.337. The molecule has 1 N–H and O–H groups in total. The fraction of sp³-hybridized carbons (Fsp3) is 0.500. The van der Waals surface area contributed by atoms with Crippen LogP contribution < -0.4 is 4.72 Å². The van der Waals surface area contributed by atoms with E-state index in [1.165, 1.54) is 29.2 Å². The second kappa shape index (κ2) is 9.89. The zero-order valence-electron chi connectivity index (χ0n) is 17.1. The molecule has 2 saturated heterocycles. The number of rotatable bonds is 5. The minimum Gasteiger partial charge on any atom is -0.335 e. The first-order valence-corrected chi connectivity index (χ1v) is 11.7. The van der Waals surface area contributed by atoms with Crippen LogP contribution in [0, 0.1) is 11.3 Å². The second-order valence-corrected chi connectivity index (χ2v) is 9.18. The molecule has 11 heteroatoms. The average molecular weight is 448 g/mol. The highest BCUT2D eigenvalue weighted by atomic mass is 32.2. The van der Waals surface area contributed by atoms with Gasteiger partial charge in [0.05, 0.1) is 11.0 Å². The standard InChI is InChI=1S/C20H25N5O5S/c21-8-3-9-22-31(29,30)17-6-4-16(5-7-17)18(26)24-12-14-25(15-13-24)20(28)19(27)23-10-1-2-11-23/h4-7,22H,1-3,9-15H2. The summed E-state index contributed by atoms with van der Waals surface area (Å²) in [6, 6.07) is 7.43. The fourth-order valence-electron chi connectivity index (χ4n) is 3.59. The Morgan fingerprint density at radius 2 is 1.39 bits per heavy atom. The first kappa shape index (κ1) is 22.7. The lowest BCUT2D eigenvalue weighted by atomic mass is 10.2. The minimum absolute atomic E-state index is 0.0119. The van der Waals surface area contributed by atoms with Crippen LogP contribution in [0.5, 0.6) is 0 Å². The maximum atomic E-state index is 12.7. The molecule has 166 valence electrons. The quantitative estimate of drug-likeness (QED) is 0.491. The molecule has 0 spiro atoms. The molecule has 0 bridgehead atoms. The van der Waals surface area contributed by atoms with Gasteiger partial charge >= 0.3 is 11.8 Å². The van der Waals surface area contributed by atoms with Crippen molar-refractivity contribution < 1.29 is 22.8 Å². The number of hydrogen-bond donors (Lipinski definition) is 1. The lowest BCUT2D eigenvalue weighted by molar-refractivity contribution is -0.152. The molecule has 31 heavy (non-hydrogen) atoms. The lowest BCUT2D eigenvalue weighted by Gasteiger charge is -2.35. The van der Waals surface area contributed by atoms with Crippen molar-refractivity contribution in [3.05, 3.63) is 29.8 Å². The van der Waals surface area contributed by atoms with E-state index in [2.05, 4.69) is 4.72 Å². The van der Waals surface area contributed by atoms with Crippen LogP contribution in [0.2, 0.25) is 0 Å². The van der Waals surface area contributed by atoms with Crippen LogP contribution in [-0.4, -0.2) is 86.7 Å². The van der Waals surface area contributed by atoms with E-state index < -0.39 is 21.8 Å². The number of carbonyl (C=O) groups excluding carboxylic acids is 3. The monoisotopic (exact) mass is 447 g/mol. The number of amides is 3. The minimum atomic E-state index is -3.74. The van der Waals surface area contributed by atoms with Crippen molar-refractivity contribution in [3.8, 4) is 6.07 Å². The Morgan fingerprint density at radius 3 is 1.94 bits per heavy atom. The van der Waals surface area contributed by atoms with E-state index in [1.807, 2.05) is 6.07 Å². The van der Waals surface area contributed by atoms with E-state index in [1.54, 1.807) is 9.80 Å². The van der Waals surface area contributed by atoms with Crippen LogP contribution >= 0.6 is 0 Å². The maximum Gasteiger partial charge on any atom is 0.312 e. The molecule has 0 radical (unpaired) electrons. The molecule has 0 saturated carbocycles. The summed E-state index contributed by atoms with van der Waals surface area (Å²) in [7, 11) is -3.74. The predicted molar refractivity (Wildman–Crippen MR) is 110 cm³/mol. The molecule has 10 nitrogen and oxygen atoms in total. The highest BCUT2D eigenvalue weighted by Gasteiger charge is 2.32. The summed E-state index contributed by atoms with van der Waals surface area (Å²) in [5, 5.41) is 8.51. The van der Waals surface area contributed by atoms with Gasteiger partial charge in [-0.15, -0.1) is 0 Å². The highest BCUT2D eigenvalue weighted by molar-refractivity contribution is 7.89. The molecule has 3 rings (SSSR count). The van der Waals surface area contributed by atoms with Gasteiger partial charge in [-0.3, -0.25) is 14.4 Å². The summed E-state index contributed by atoms with van der Waals surface area (Å²) in [4.78, 5) is 42.1. The van der Waals surface area contributed by atoms with Gasteiger partial charge in [-0.2, -0.15) is 5.26 Å². The van der Waals surface area contributed by atoms with Crippen LogP contribution in [0.3, 0.4) is 0 Å². The van der Waals surface area contributed by atoms with Gasteiger partial charge in [0, 0.05) is 57.8 Å². The van der Waals surface area contributed by atoms with Gasteiger partial charge in [0.2, 0.25) is 10.0 Å². The van der Waals surface area contributed by atoms with Crippen molar-refractivity contribution in [1.29, 1.82) is 5.26 Å². The lowest BCUT2D eigenvalue weighted by Crippen LogP contribution is -2.54. The third kappa shape index (κ3) is 5.39. The first-order valence-electron chi connectivity index (χ1n) is 10.2. The molecule has 2 aliphatic heterocycles. The summed E-state index contributed by atoms with van der Waals surface area (Å²) in [5.74, 6) is -1.26. The van der Waals surface area contributed by atoms with Crippen LogP contribution in [0.15, 0.2) is 29.2 Å². The zero-order chi connectivity index (χ0) is 22.4. The van der Waals surface area contributed by atoms with Gasteiger partial charge in [0.15, 0.2) is 0 Å². The molecule has 0 aromatic heterocycles. The van der Waals surface area contributed by atoms with Gasteiger partial charge in [-0.05, 0) is 37.1 Å². The Balaban J connectivity index is 1.55. The third-order valence-electron chi connectivity index (χ3n) is 5.37. The molecule has 2 fully saturated rings. The first-order chi connectivity index (χ1) is 14.8. The highest BCUT2D eigenvalue weighted by Crippen LogP contribution is 2.15. The molecule has 1 aromatic carbocycles. The molecule has 0 atom stereocenters. The number of nitrogens with zero attached hydrogens (tertiary/aromatic N) is 4. The van der Waals surface area contributed by atoms with Crippen molar-refractivity contribution in [1.82, 2.24) is 19.4 Å². The van der Waals surface area contributed by atoms with Crippen LogP contribution in [0.1, 0.15) is 29.6 Å². The number of benzene rings is 1. The molecule has 2 aliphatic rings. The van der Waals surface area contributed by atoms with Crippen molar-refractivity contribution in [2.75, 3.05) is 45.8 Å². The Labute approximate surface area is 181 Å². The normalized spacial score (nSPS) is 16.8. The summed E-state index contributed by atoms with van der Waals surface area (Å²) in [6.45, 7) is 2.40. The maximum absolute atomic E-state index is 12.7. The van der Waals surface area contributed by atoms with Crippen molar-refractivity contribution >= 4 is 27.7 Å². The van der Waals surface area contributed by atoms with E-state index in [0.717, 1.165) is 12.8 Å². The van der Waals surface area contributed by atoms with E-state index in [0.29, 0.717) is 31.7 Å². The molecule has 0 unspecified atom stereocenters. The predicted octanol–water partition coefficient (Wildman–Crippen LogP) is -0.215. The molecule has 3 amide bonds. The van der Waals surface area contributed by atoms with E-state index in [9.17, 15) is 22.8 Å². The third-order valence-corrected chi connectivity index (χ3v) is 6.85. The molecular weight excluding hydrogens is 422 g/mol. The summed E-state index contributed by atoms with van der Waals surface area (Å²) < 4.78 is 26.6. The Hall–Kier alpha value is -2.97. The average Bonchev–Trinajstić information content (AvgIpc) is 3.33. The number of carbonyl (C=O) groups is 3. The summed E-state index contributed by atoms with van der Waals surface area (Å²) >= 11 is 0. The van der Waals surface area contributed by atoms with E-state index in [4.69, 9.17) is 5.26 Å². The number of nitriles is 1. The molecule has 2 heterocycles. The smallest absolute Gasteiger partial charge is 0.312 e.